The fourth-order valence-electron chi connectivity index (χ4n) is 4.36. The number of hydrogen-bond acceptors (Lipinski definition) is 5. The molecule has 0 N–H and O–H groups in total. The predicted octanol–water partition coefficient (Wildman–Crippen LogP) is 1.76. The number of nitrogens with zero attached hydrogens (tertiary/aromatic N) is 4. The lowest BCUT2D eigenvalue weighted by Gasteiger charge is -2.38. The monoisotopic (exact) mass is 390 g/mol. The van der Waals surface area contributed by atoms with Gasteiger partial charge in [0.2, 0.25) is 5.91 Å². The smallest absolute Gasteiger partial charge is 0.302 e. The van der Waals surface area contributed by atoms with E-state index in [1.807, 2.05) is 18.7 Å². The molecule has 0 aromatic carbocycles. The summed E-state index contributed by atoms with van der Waals surface area (Å²) in [5.74, 6) is -0.510. The van der Waals surface area contributed by atoms with Gasteiger partial charge in [0.05, 0.1) is 23.7 Å². The summed E-state index contributed by atoms with van der Waals surface area (Å²) in [6, 6.07) is 0. The Bertz CT molecular complexity index is 753. The molecule has 0 spiro atoms. The SMILES string of the molecule is CCn1ncc(C(=O)N2CCCC2(COC(C)=O)CC(=O)N2CCCC2)c1C. The second kappa shape index (κ2) is 8.32. The second-order valence-electron chi connectivity index (χ2n) is 7.79. The van der Waals surface area contributed by atoms with E-state index in [4.69, 9.17) is 4.74 Å². The summed E-state index contributed by atoms with van der Waals surface area (Å²) in [4.78, 5) is 41.4. The molecule has 1 aromatic heterocycles. The molecule has 2 fully saturated rings. The number of ether oxygens (including phenoxy) is 1. The molecule has 0 radical (unpaired) electrons. The van der Waals surface area contributed by atoms with Gasteiger partial charge in [-0.05, 0) is 39.5 Å². The van der Waals surface area contributed by atoms with Crippen molar-refractivity contribution in [1.82, 2.24) is 19.6 Å². The van der Waals surface area contributed by atoms with Crippen molar-refractivity contribution in [2.45, 2.75) is 65.0 Å². The molecule has 154 valence electrons. The van der Waals surface area contributed by atoms with Gasteiger partial charge in [-0.1, -0.05) is 0 Å². The van der Waals surface area contributed by atoms with Gasteiger partial charge < -0.3 is 14.5 Å². The van der Waals surface area contributed by atoms with Crippen molar-refractivity contribution in [3.8, 4) is 0 Å². The maximum absolute atomic E-state index is 13.4. The maximum Gasteiger partial charge on any atom is 0.302 e. The van der Waals surface area contributed by atoms with Crippen molar-refractivity contribution in [1.29, 1.82) is 0 Å². The molecule has 8 heteroatoms. The third-order valence-corrected chi connectivity index (χ3v) is 5.96. The molecule has 0 saturated carbocycles. The van der Waals surface area contributed by atoms with Gasteiger partial charge in [-0.15, -0.1) is 0 Å². The molecular formula is C20H30N4O4. The normalized spacial score (nSPS) is 22.0. The van der Waals surface area contributed by atoms with Crippen LogP contribution in [0.4, 0.5) is 0 Å². The zero-order valence-electron chi connectivity index (χ0n) is 17.1. The van der Waals surface area contributed by atoms with E-state index in [9.17, 15) is 14.4 Å². The van der Waals surface area contributed by atoms with E-state index in [0.717, 1.165) is 38.0 Å². The molecule has 1 unspecified atom stereocenters. The number of aromatic nitrogens is 2. The first-order valence-corrected chi connectivity index (χ1v) is 10.1. The van der Waals surface area contributed by atoms with Crippen LogP contribution in [0.5, 0.6) is 0 Å². The van der Waals surface area contributed by atoms with E-state index in [1.165, 1.54) is 6.92 Å². The number of rotatable bonds is 6. The van der Waals surface area contributed by atoms with Gasteiger partial charge in [0.15, 0.2) is 0 Å². The van der Waals surface area contributed by atoms with Crippen molar-refractivity contribution < 1.29 is 19.1 Å². The Labute approximate surface area is 165 Å². The molecule has 1 aromatic rings. The third-order valence-electron chi connectivity index (χ3n) is 5.96. The summed E-state index contributed by atoms with van der Waals surface area (Å²) >= 11 is 0. The van der Waals surface area contributed by atoms with Crippen LogP contribution in [0.15, 0.2) is 6.20 Å². The molecule has 2 aliphatic rings. The number of carbonyl (C=O) groups is 3. The molecule has 3 rings (SSSR count). The van der Waals surface area contributed by atoms with Gasteiger partial charge >= 0.3 is 5.97 Å². The van der Waals surface area contributed by atoms with Crippen molar-refractivity contribution >= 4 is 17.8 Å². The Morgan fingerprint density at radius 2 is 1.89 bits per heavy atom. The standard InChI is InChI=1S/C20H30N4O4/c1-4-24-15(2)17(13-21-24)19(27)23-11-7-8-20(23,14-28-16(3)25)12-18(26)22-9-5-6-10-22/h13H,4-12,14H2,1-3H3. The average Bonchev–Trinajstić information content (AvgIpc) is 3.39. The highest BCUT2D eigenvalue weighted by molar-refractivity contribution is 5.96. The Morgan fingerprint density at radius 1 is 1.18 bits per heavy atom. The first kappa shape index (κ1) is 20.4. The topological polar surface area (TPSA) is 84.7 Å². The van der Waals surface area contributed by atoms with Crippen LogP contribution in [0.25, 0.3) is 0 Å². The van der Waals surface area contributed by atoms with Gasteiger partial charge in [0.25, 0.3) is 5.91 Å². The van der Waals surface area contributed by atoms with Crippen LogP contribution in [0.1, 0.15) is 62.0 Å². The van der Waals surface area contributed by atoms with Gasteiger partial charge in [-0.3, -0.25) is 19.1 Å². The van der Waals surface area contributed by atoms with Crippen LogP contribution >= 0.6 is 0 Å². The zero-order valence-corrected chi connectivity index (χ0v) is 17.1. The Morgan fingerprint density at radius 3 is 2.50 bits per heavy atom. The Balaban J connectivity index is 1.87. The number of esters is 1. The molecule has 28 heavy (non-hydrogen) atoms. The summed E-state index contributed by atoms with van der Waals surface area (Å²) in [5, 5.41) is 4.28. The summed E-state index contributed by atoms with van der Waals surface area (Å²) in [5.41, 5.74) is 0.569. The quantitative estimate of drug-likeness (QED) is 0.691. The molecule has 0 bridgehead atoms. The number of amides is 2. The minimum Gasteiger partial charge on any atom is -0.463 e. The van der Waals surface area contributed by atoms with E-state index in [2.05, 4.69) is 5.10 Å². The van der Waals surface area contributed by atoms with Crippen molar-refractivity contribution in [2.75, 3.05) is 26.2 Å². The summed E-state index contributed by atoms with van der Waals surface area (Å²) in [7, 11) is 0. The van der Waals surface area contributed by atoms with E-state index in [0.29, 0.717) is 25.1 Å². The Hall–Kier alpha value is -2.38. The molecule has 8 nitrogen and oxygen atoms in total. The van der Waals surface area contributed by atoms with Crippen LogP contribution in [0.3, 0.4) is 0 Å². The van der Waals surface area contributed by atoms with Crippen LogP contribution in [0.2, 0.25) is 0 Å². The third kappa shape index (κ3) is 3.91. The number of likely N-dealkylation sites (tertiary alicyclic amines) is 2. The van der Waals surface area contributed by atoms with Gasteiger partial charge in [0.1, 0.15) is 6.61 Å². The lowest BCUT2D eigenvalue weighted by molar-refractivity contribution is -0.147. The molecular weight excluding hydrogens is 360 g/mol. The summed E-state index contributed by atoms with van der Waals surface area (Å²) in [6.45, 7) is 8.01. The molecule has 2 amide bonds. The van der Waals surface area contributed by atoms with E-state index in [1.54, 1.807) is 15.8 Å². The first-order chi connectivity index (χ1) is 13.4. The van der Waals surface area contributed by atoms with Gasteiger partial charge in [-0.2, -0.15) is 5.10 Å². The van der Waals surface area contributed by atoms with Crippen molar-refractivity contribution in [3.05, 3.63) is 17.5 Å². The predicted molar refractivity (Wildman–Crippen MR) is 103 cm³/mol. The van der Waals surface area contributed by atoms with Crippen LogP contribution < -0.4 is 0 Å². The summed E-state index contributed by atoms with van der Waals surface area (Å²) < 4.78 is 7.13. The fraction of sp³-hybridized carbons (Fsp3) is 0.700. The number of hydrogen-bond donors (Lipinski definition) is 0. The minimum absolute atomic E-state index is 0.0327. The first-order valence-electron chi connectivity index (χ1n) is 10.1. The van der Waals surface area contributed by atoms with Crippen LogP contribution in [-0.2, 0) is 20.9 Å². The summed E-state index contributed by atoms with van der Waals surface area (Å²) in [6.07, 6.45) is 5.24. The average molecular weight is 390 g/mol. The van der Waals surface area contributed by atoms with Crippen LogP contribution in [-0.4, -0.2) is 69.1 Å². The van der Waals surface area contributed by atoms with Crippen LogP contribution in [0, 0.1) is 6.92 Å². The van der Waals surface area contributed by atoms with E-state index < -0.39 is 11.5 Å². The van der Waals surface area contributed by atoms with E-state index >= 15 is 0 Å². The largest absolute Gasteiger partial charge is 0.463 e. The second-order valence-corrected chi connectivity index (χ2v) is 7.79. The van der Waals surface area contributed by atoms with Crippen molar-refractivity contribution in [3.63, 3.8) is 0 Å². The highest BCUT2D eigenvalue weighted by atomic mass is 16.5. The van der Waals surface area contributed by atoms with Gasteiger partial charge in [0, 0.05) is 38.8 Å². The molecule has 2 aliphatic heterocycles. The minimum atomic E-state index is -0.789. The lowest BCUT2D eigenvalue weighted by Crippen LogP contribution is -2.53. The number of aryl methyl sites for hydroxylation is 1. The number of carbonyl (C=O) groups excluding carboxylic acids is 3. The molecule has 3 heterocycles. The Kier molecular flexibility index (Phi) is 6.05. The maximum atomic E-state index is 13.4. The van der Waals surface area contributed by atoms with E-state index in [-0.39, 0.29) is 24.8 Å². The van der Waals surface area contributed by atoms with Crippen molar-refractivity contribution in [2.24, 2.45) is 0 Å². The highest BCUT2D eigenvalue weighted by Gasteiger charge is 2.47. The lowest BCUT2D eigenvalue weighted by atomic mass is 9.91. The molecule has 2 saturated heterocycles. The molecule has 1 atom stereocenters. The zero-order chi connectivity index (χ0) is 20.3. The molecule has 0 aliphatic carbocycles. The fourth-order valence-corrected chi connectivity index (χ4v) is 4.36. The van der Waals surface area contributed by atoms with Gasteiger partial charge in [-0.25, -0.2) is 0 Å². The highest BCUT2D eigenvalue weighted by Crippen LogP contribution is 2.36.